The molecule has 0 aromatic rings. The quantitative estimate of drug-likeness (QED) is 0.0265. The van der Waals surface area contributed by atoms with Gasteiger partial charge >= 0.3 is 17.9 Å². The van der Waals surface area contributed by atoms with Gasteiger partial charge < -0.3 is 14.2 Å². The maximum absolute atomic E-state index is 12.7. The van der Waals surface area contributed by atoms with Crippen molar-refractivity contribution in [3.8, 4) is 0 Å². The van der Waals surface area contributed by atoms with Gasteiger partial charge in [-0.3, -0.25) is 14.4 Å². The minimum absolute atomic E-state index is 0.101. The van der Waals surface area contributed by atoms with E-state index in [4.69, 9.17) is 14.2 Å². The van der Waals surface area contributed by atoms with Crippen molar-refractivity contribution in [3.05, 3.63) is 48.6 Å². The summed E-state index contributed by atoms with van der Waals surface area (Å²) in [7, 11) is 0. The molecule has 0 spiro atoms. The highest BCUT2D eigenvalue weighted by Gasteiger charge is 2.19. The van der Waals surface area contributed by atoms with Gasteiger partial charge in [0, 0.05) is 12.8 Å². The number of rotatable bonds is 42. The van der Waals surface area contributed by atoms with E-state index in [0.29, 0.717) is 12.8 Å². The van der Waals surface area contributed by atoms with Gasteiger partial charge in [0.25, 0.3) is 0 Å². The van der Waals surface area contributed by atoms with Gasteiger partial charge in [0.1, 0.15) is 13.2 Å². The molecule has 324 valence electrons. The fourth-order valence-electron chi connectivity index (χ4n) is 6.56. The number of unbranched alkanes of at least 4 members (excludes halogenated alkanes) is 24. The minimum atomic E-state index is -0.804. The molecule has 0 aromatic heterocycles. The second-order valence-electron chi connectivity index (χ2n) is 15.7. The van der Waals surface area contributed by atoms with Crippen LogP contribution >= 0.6 is 0 Å². The summed E-state index contributed by atoms with van der Waals surface area (Å²) in [6, 6.07) is 0. The molecule has 0 saturated carbocycles. The fourth-order valence-corrected chi connectivity index (χ4v) is 6.56. The number of ether oxygens (including phenoxy) is 3. The van der Waals surface area contributed by atoms with Gasteiger partial charge in [-0.1, -0.05) is 204 Å². The number of allylic oxidation sites excluding steroid dienone is 7. The Morgan fingerprint density at radius 1 is 0.393 bits per heavy atom. The van der Waals surface area contributed by atoms with Crippen LogP contribution in [-0.4, -0.2) is 37.2 Å². The van der Waals surface area contributed by atoms with Crippen LogP contribution in [-0.2, 0) is 28.6 Å². The van der Waals surface area contributed by atoms with Crippen molar-refractivity contribution in [2.24, 2.45) is 0 Å². The van der Waals surface area contributed by atoms with Crippen molar-refractivity contribution in [2.45, 2.75) is 239 Å². The monoisotopic (exact) mass is 785 g/mol. The summed E-state index contributed by atoms with van der Waals surface area (Å²) in [5.41, 5.74) is 0. The highest BCUT2D eigenvalue weighted by molar-refractivity contribution is 5.72. The molecule has 0 aliphatic rings. The molecule has 0 amide bonds. The van der Waals surface area contributed by atoms with Crippen LogP contribution in [0.25, 0.3) is 0 Å². The molecule has 0 fully saturated rings. The number of hydrogen-bond acceptors (Lipinski definition) is 6. The first-order valence-corrected chi connectivity index (χ1v) is 23.6. The highest BCUT2D eigenvalue weighted by atomic mass is 16.6. The van der Waals surface area contributed by atoms with Gasteiger partial charge in [0.15, 0.2) is 6.10 Å². The zero-order chi connectivity index (χ0) is 40.8. The Morgan fingerprint density at radius 2 is 0.768 bits per heavy atom. The maximum Gasteiger partial charge on any atom is 0.309 e. The van der Waals surface area contributed by atoms with E-state index < -0.39 is 12.1 Å². The van der Waals surface area contributed by atoms with Gasteiger partial charge in [0.05, 0.1) is 6.42 Å². The Kier molecular flexibility index (Phi) is 43.0. The first-order valence-electron chi connectivity index (χ1n) is 23.6. The van der Waals surface area contributed by atoms with Crippen molar-refractivity contribution in [1.82, 2.24) is 0 Å². The first-order chi connectivity index (χ1) is 27.5. The van der Waals surface area contributed by atoms with E-state index in [-0.39, 0.29) is 31.6 Å². The molecule has 0 aromatic carbocycles. The predicted octanol–water partition coefficient (Wildman–Crippen LogP) is 15.1. The highest BCUT2D eigenvalue weighted by Crippen LogP contribution is 2.14. The van der Waals surface area contributed by atoms with Gasteiger partial charge in [-0.15, -0.1) is 0 Å². The predicted molar refractivity (Wildman–Crippen MR) is 238 cm³/mol. The number of carbonyl (C=O) groups excluding carboxylic acids is 3. The third-order valence-electron chi connectivity index (χ3n) is 10.1. The summed E-state index contributed by atoms with van der Waals surface area (Å²) < 4.78 is 16.6. The van der Waals surface area contributed by atoms with Crippen molar-refractivity contribution < 1.29 is 28.6 Å². The molecule has 6 heteroatoms. The summed E-state index contributed by atoms with van der Waals surface area (Å²) in [4.78, 5) is 37.6. The van der Waals surface area contributed by atoms with Crippen LogP contribution in [0.15, 0.2) is 48.6 Å². The molecule has 0 saturated heterocycles. The summed E-state index contributed by atoms with van der Waals surface area (Å²) in [5, 5.41) is 0. The normalized spacial score (nSPS) is 12.4. The van der Waals surface area contributed by atoms with Gasteiger partial charge in [-0.25, -0.2) is 0 Å². The van der Waals surface area contributed by atoms with E-state index in [0.717, 1.165) is 57.8 Å². The summed E-state index contributed by atoms with van der Waals surface area (Å²) in [5.74, 6) is -1.03. The largest absolute Gasteiger partial charge is 0.462 e. The van der Waals surface area contributed by atoms with Gasteiger partial charge in [0.2, 0.25) is 0 Å². The van der Waals surface area contributed by atoms with Crippen LogP contribution in [0, 0.1) is 0 Å². The first kappa shape index (κ1) is 53.4. The third kappa shape index (κ3) is 42.5. The zero-order valence-corrected chi connectivity index (χ0v) is 36.9. The summed E-state index contributed by atoms with van der Waals surface area (Å²) in [6.45, 7) is 6.40. The average Bonchev–Trinajstić information content (AvgIpc) is 3.19. The smallest absolute Gasteiger partial charge is 0.309 e. The standard InChI is InChI=1S/C50H88O6/c1-4-7-10-13-16-19-21-22-23-24-25-26-27-28-29-32-34-37-40-43-49(52)55-46-47(45-54-48(51)42-39-36-33-30-18-15-12-9-6-3)56-50(53)44-41-38-35-31-20-17-14-11-8-5-2/h9,12,18,24-25,30,36,39,47H,4-8,10-11,13-17,19-23,26-29,31-35,37-38,40-46H2,1-3H3/b12-9-,25-24-,30-18-,39-36-. The SMILES string of the molecule is CC/C=C\C/C=C\C/C=C\CC(=O)OCC(COC(=O)CCCCCCCCC/C=C\CCCCCCCCCC)OC(=O)CCCCCCCCCCCC. The Labute approximate surface area is 346 Å². The second kappa shape index (κ2) is 45.1. The molecule has 0 N–H and O–H groups in total. The number of carbonyl (C=O) groups is 3. The Balaban J connectivity index is 4.30. The number of hydrogen-bond donors (Lipinski definition) is 0. The van der Waals surface area contributed by atoms with Crippen molar-refractivity contribution in [2.75, 3.05) is 13.2 Å². The lowest BCUT2D eigenvalue weighted by atomic mass is 10.1. The Morgan fingerprint density at radius 3 is 1.23 bits per heavy atom. The summed E-state index contributed by atoms with van der Waals surface area (Å²) >= 11 is 0. The molecule has 0 aliphatic carbocycles. The lowest BCUT2D eigenvalue weighted by Gasteiger charge is -2.18. The molecule has 1 atom stereocenters. The Hall–Kier alpha value is -2.63. The van der Waals surface area contributed by atoms with Crippen LogP contribution in [0.2, 0.25) is 0 Å². The maximum atomic E-state index is 12.7. The van der Waals surface area contributed by atoms with Gasteiger partial charge in [-0.05, 0) is 57.8 Å². The van der Waals surface area contributed by atoms with Crippen molar-refractivity contribution in [1.29, 1.82) is 0 Å². The Bertz CT molecular complexity index is 996. The van der Waals surface area contributed by atoms with E-state index in [9.17, 15) is 14.4 Å². The van der Waals surface area contributed by atoms with E-state index in [1.54, 1.807) is 6.08 Å². The fraction of sp³-hybridized carbons (Fsp3) is 0.780. The molecule has 0 aliphatic heterocycles. The van der Waals surface area contributed by atoms with Crippen molar-refractivity contribution in [3.63, 3.8) is 0 Å². The molecule has 56 heavy (non-hydrogen) atoms. The molecule has 6 nitrogen and oxygen atoms in total. The molecule has 0 bridgehead atoms. The minimum Gasteiger partial charge on any atom is -0.462 e. The number of esters is 3. The van der Waals surface area contributed by atoms with Crippen LogP contribution < -0.4 is 0 Å². The molecule has 0 rings (SSSR count). The van der Waals surface area contributed by atoms with E-state index >= 15 is 0 Å². The third-order valence-corrected chi connectivity index (χ3v) is 10.1. The van der Waals surface area contributed by atoms with E-state index in [1.807, 2.05) is 6.08 Å². The van der Waals surface area contributed by atoms with E-state index in [1.165, 1.54) is 135 Å². The average molecular weight is 785 g/mol. The van der Waals surface area contributed by atoms with Gasteiger partial charge in [-0.2, -0.15) is 0 Å². The second-order valence-corrected chi connectivity index (χ2v) is 15.7. The zero-order valence-electron chi connectivity index (χ0n) is 36.9. The van der Waals surface area contributed by atoms with Crippen LogP contribution in [0.4, 0.5) is 0 Å². The lowest BCUT2D eigenvalue weighted by molar-refractivity contribution is -0.166. The molecular formula is C50H88O6. The van der Waals surface area contributed by atoms with Crippen molar-refractivity contribution >= 4 is 17.9 Å². The van der Waals surface area contributed by atoms with Crippen LogP contribution in [0.1, 0.15) is 233 Å². The topological polar surface area (TPSA) is 78.9 Å². The van der Waals surface area contributed by atoms with E-state index in [2.05, 4.69) is 57.2 Å². The van der Waals surface area contributed by atoms with Crippen LogP contribution in [0.5, 0.6) is 0 Å². The molecular weight excluding hydrogens is 697 g/mol. The van der Waals surface area contributed by atoms with Crippen LogP contribution in [0.3, 0.4) is 0 Å². The molecule has 0 radical (unpaired) electrons. The summed E-state index contributed by atoms with van der Waals surface area (Å²) in [6.07, 6.45) is 52.8. The molecule has 0 heterocycles. The molecule has 1 unspecified atom stereocenters. The lowest BCUT2D eigenvalue weighted by Crippen LogP contribution is -2.30.